The lowest BCUT2D eigenvalue weighted by molar-refractivity contribution is -0.140. The number of hydrogen-bond acceptors (Lipinski definition) is 2. The molecule has 0 spiro atoms. The van der Waals surface area contributed by atoms with Gasteiger partial charge in [0, 0.05) is 0 Å². The third-order valence-corrected chi connectivity index (χ3v) is 4.87. The monoisotopic (exact) mass is 284 g/mol. The average Bonchev–Trinajstić information content (AvgIpc) is 2.41. The van der Waals surface area contributed by atoms with Gasteiger partial charge in [-0.1, -0.05) is 51.8 Å². The Hall–Kier alpha value is -0.700. The molecule has 0 unspecified atom stereocenters. The highest BCUT2D eigenvalue weighted by Gasteiger charge is 2.34. The molecule has 0 aliphatic rings. The zero-order valence-electron chi connectivity index (χ0n) is 12.5. The van der Waals surface area contributed by atoms with Crippen LogP contribution in [0.25, 0.3) is 0 Å². The van der Waals surface area contributed by atoms with Gasteiger partial charge in [0.2, 0.25) is 0 Å². The molecule has 0 aliphatic heterocycles. The Morgan fingerprint density at radius 1 is 1.11 bits per heavy atom. The molecule has 0 amide bonds. The topological polar surface area (TPSA) is 37.3 Å². The van der Waals surface area contributed by atoms with Gasteiger partial charge in [-0.05, 0) is 37.5 Å². The Bertz CT molecular complexity index is 291. The van der Waals surface area contributed by atoms with Crippen molar-refractivity contribution in [2.24, 2.45) is 0 Å². The zero-order chi connectivity index (χ0) is 14.6. The summed E-state index contributed by atoms with van der Waals surface area (Å²) in [6.07, 6.45) is 13.6. The van der Waals surface area contributed by atoms with Crippen molar-refractivity contribution in [3.63, 3.8) is 0 Å². The summed E-state index contributed by atoms with van der Waals surface area (Å²) in [5, 5.41) is 11.2. The number of carbonyl (C=O) groups is 1. The normalized spacial score (nSPS) is 12.6. The van der Waals surface area contributed by atoms with Crippen LogP contribution in [0, 0.1) is 0 Å². The second-order valence-corrected chi connectivity index (χ2v) is 5.99. The van der Waals surface area contributed by atoms with E-state index in [0.29, 0.717) is 12.8 Å². The molecule has 3 heteroatoms. The maximum atomic E-state index is 11.3. The molecule has 0 aromatic rings. The van der Waals surface area contributed by atoms with E-state index in [1.54, 1.807) is 0 Å². The van der Waals surface area contributed by atoms with Gasteiger partial charge in [0.15, 0.2) is 0 Å². The number of hydrogen-bond donors (Lipinski definition) is 1. The van der Waals surface area contributed by atoms with Gasteiger partial charge >= 0.3 is 5.97 Å². The van der Waals surface area contributed by atoms with Crippen molar-refractivity contribution in [3.8, 4) is 0 Å². The van der Waals surface area contributed by atoms with E-state index in [1.807, 2.05) is 25.3 Å². The smallest absolute Gasteiger partial charge is 0.320 e. The first-order chi connectivity index (χ1) is 9.13. The number of carboxylic acids is 1. The quantitative estimate of drug-likeness (QED) is 0.407. The van der Waals surface area contributed by atoms with Gasteiger partial charge in [0.1, 0.15) is 4.75 Å². The molecular formula is C16H28O2S. The summed E-state index contributed by atoms with van der Waals surface area (Å²) in [7, 11) is 0. The van der Waals surface area contributed by atoms with Gasteiger partial charge in [-0.2, -0.15) is 0 Å². The maximum Gasteiger partial charge on any atom is 0.320 e. The van der Waals surface area contributed by atoms with E-state index in [-0.39, 0.29) is 0 Å². The molecule has 0 atom stereocenters. The molecular weight excluding hydrogens is 256 g/mol. The standard InChI is InChI=1S/C16H28O2S/c1-4-7-8-9-10-11-12-13-14-19-16(5-2,6-3)15(17)18/h10-11,13-14H,4-9,12H2,1-3H3,(H,17,18)/b11-10-,14-13-. The third kappa shape index (κ3) is 7.46. The second kappa shape index (κ2) is 11.2. The molecule has 0 saturated heterocycles. The Morgan fingerprint density at radius 3 is 2.32 bits per heavy atom. The summed E-state index contributed by atoms with van der Waals surface area (Å²) in [6.45, 7) is 6.08. The minimum atomic E-state index is -0.706. The van der Waals surface area contributed by atoms with Gasteiger partial charge < -0.3 is 5.11 Å². The van der Waals surface area contributed by atoms with Crippen LogP contribution in [0.1, 0.15) is 65.7 Å². The van der Waals surface area contributed by atoms with Crippen LogP contribution in [0.4, 0.5) is 0 Å². The Morgan fingerprint density at radius 2 is 1.79 bits per heavy atom. The van der Waals surface area contributed by atoms with Gasteiger partial charge in [-0.25, -0.2) is 0 Å². The van der Waals surface area contributed by atoms with Crippen LogP contribution in [0.5, 0.6) is 0 Å². The third-order valence-electron chi connectivity index (χ3n) is 3.34. The van der Waals surface area contributed by atoms with Crippen LogP contribution in [-0.2, 0) is 4.79 Å². The summed E-state index contributed by atoms with van der Waals surface area (Å²) in [5.41, 5.74) is 0. The van der Waals surface area contributed by atoms with E-state index in [0.717, 1.165) is 12.8 Å². The highest BCUT2D eigenvalue weighted by molar-refractivity contribution is 8.04. The van der Waals surface area contributed by atoms with E-state index < -0.39 is 10.7 Å². The highest BCUT2D eigenvalue weighted by Crippen LogP contribution is 2.33. The summed E-state index contributed by atoms with van der Waals surface area (Å²) in [6, 6.07) is 0. The predicted molar refractivity (Wildman–Crippen MR) is 85.6 cm³/mol. The van der Waals surface area contributed by atoms with Crippen molar-refractivity contribution in [1.82, 2.24) is 0 Å². The fraction of sp³-hybridized carbons (Fsp3) is 0.688. The summed E-state index contributed by atoms with van der Waals surface area (Å²) < 4.78 is -0.651. The Labute approximate surface area is 122 Å². The highest BCUT2D eigenvalue weighted by atomic mass is 32.2. The lowest BCUT2D eigenvalue weighted by atomic mass is 10.0. The molecule has 0 fully saturated rings. The van der Waals surface area contributed by atoms with Crippen LogP contribution in [0.2, 0.25) is 0 Å². The molecule has 0 saturated carbocycles. The van der Waals surface area contributed by atoms with E-state index in [1.165, 1.54) is 31.0 Å². The first-order valence-corrected chi connectivity index (χ1v) is 8.22. The number of rotatable bonds is 11. The molecule has 0 aliphatic carbocycles. The summed E-state index contributed by atoms with van der Waals surface area (Å²) in [4.78, 5) is 11.3. The lowest BCUT2D eigenvalue weighted by Gasteiger charge is -2.23. The molecule has 2 nitrogen and oxygen atoms in total. The number of carboxylic acid groups (broad SMARTS) is 1. The molecule has 0 aromatic carbocycles. The van der Waals surface area contributed by atoms with Crippen molar-refractivity contribution < 1.29 is 9.90 Å². The Kier molecular flexibility index (Phi) is 10.7. The molecule has 0 bridgehead atoms. The average molecular weight is 284 g/mol. The van der Waals surface area contributed by atoms with Crippen molar-refractivity contribution >= 4 is 17.7 Å². The van der Waals surface area contributed by atoms with E-state index in [2.05, 4.69) is 19.1 Å². The van der Waals surface area contributed by atoms with Crippen LogP contribution >= 0.6 is 11.8 Å². The predicted octanol–water partition coefficient (Wildman–Crippen LogP) is 5.40. The van der Waals surface area contributed by atoms with E-state index in [4.69, 9.17) is 0 Å². The fourth-order valence-electron chi connectivity index (χ4n) is 1.81. The Balaban J connectivity index is 3.97. The minimum absolute atomic E-state index is 0.651. The van der Waals surface area contributed by atoms with Crippen molar-refractivity contribution in [3.05, 3.63) is 23.6 Å². The van der Waals surface area contributed by atoms with Gasteiger partial charge in [0.25, 0.3) is 0 Å². The van der Waals surface area contributed by atoms with Gasteiger partial charge in [0.05, 0.1) is 0 Å². The van der Waals surface area contributed by atoms with Crippen LogP contribution in [0.15, 0.2) is 23.6 Å². The first-order valence-electron chi connectivity index (χ1n) is 7.34. The second-order valence-electron chi connectivity index (χ2n) is 4.70. The van der Waals surface area contributed by atoms with Crippen molar-refractivity contribution in [1.29, 1.82) is 0 Å². The molecule has 19 heavy (non-hydrogen) atoms. The summed E-state index contributed by atoms with van der Waals surface area (Å²) >= 11 is 1.44. The SMILES string of the molecule is CCCCC/C=C\C/C=C\SC(CC)(CC)C(=O)O. The van der Waals surface area contributed by atoms with E-state index in [9.17, 15) is 9.90 Å². The fourth-order valence-corrected chi connectivity index (χ4v) is 2.71. The molecule has 1 N–H and O–H groups in total. The molecule has 0 rings (SSSR count). The number of thioether (sulfide) groups is 1. The van der Waals surface area contributed by atoms with E-state index >= 15 is 0 Å². The largest absolute Gasteiger partial charge is 0.480 e. The lowest BCUT2D eigenvalue weighted by Crippen LogP contribution is -2.32. The van der Waals surface area contributed by atoms with Crippen LogP contribution in [-0.4, -0.2) is 15.8 Å². The van der Waals surface area contributed by atoms with Crippen molar-refractivity contribution in [2.75, 3.05) is 0 Å². The number of unbranched alkanes of at least 4 members (excludes halogenated alkanes) is 3. The first kappa shape index (κ1) is 18.3. The molecule has 110 valence electrons. The van der Waals surface area contributed by atoms with Gasteiger partial charge in [-0.15, -0.1) is 11.8 Å². The number of aliphatic carboxylic acids is 1. The molecule has 0 radical (unpaired) electrons. The maximum absolute atomic E-state index is 11.3. The summed E-state index contributed by atoms with van der Waals surface area (Å²) in [5.74, 6) is -0.706. The minimum Gasteiger partial charge on any atom is -0.480 e. The molecule has 0 heterocycles. The van der Waals surface area contributed by atoms with Crippen LogP contribution in [0.3, 0.4) is 0 Å². The van der Waals surface area contributed by atoms with Gasteiger partial charge in [-0.3, -0.25) is 4.79 Å². The van der Waals surface area contributed by atoms with Crippen LogP contribution < -0.4 is 0 Å². The number of allylic oxidation sites excluding steroid dienone is 3. The zero-order valence-corrected chi connectivity index (χ0v) is 13.3. The van der Waals surface area contributed by atoms with Crippen molar-refractivity contribution in [2.45, 2.75) is 70.5 Å². The molecule has 0 aromatic heterocycles.